The summed E-state index contributed by atoms with van der Waals surface area (Å²) in [4.78, 5) is 11.6. The number of hydrogen-bond donors (Lipinski definition) is 2. The lowest BCUT2D eigenvalue weighted by Crippen LogP contribution is -2.19. The van der Waals surface area contributed by atoms with E-state index in [0.29, 0.717) is 18.0 Å². The van der Waals surface area contributed by atoms with Crippen LogP contribution in [0.1, 0.15) is 22.6 Å². The van der Waals surface area contributed by atoms with E-state index in [1.165, 1.54) is 0 Å². The van der Waals surface area contributed by atoms with Gasteiger partial charge in [-0.1, -0.05) is 0 Å². The van der Waals surface area contributed by atoms with Crippen molar-refractivity contribution in [2.24, 2.45) is 0 Å². The Balaban J connectivity index is 2.44. The smallest absolute Gasteiger partial charge is 0.275 e. The Labute approximate surface area is 94.0 Å². The van der Waals surface area contributed by atoms with Gasteiger partial charge in [0.2, 0.25) is 0 Å². The summed E-state index contributed by atoms with van der Waals surface area (Å²) < 4.78 is 7.13. The van der Waals surface area contributed by atoms with E-state index >= 15 is 0 Å². The molecule has 0 aliphatic carbocycles. The molecule has 0 spiro atoms. The summed E-state index contributed by atoms with van der Waals surface area (Å²) in [6.45, 7) is 2.46. The molecule has 0 bridgehead atoms. The third-order valence-electron chi connectivity index (χ3n) is 2.67. The van der Waals surface area contributed by atoms with Crippen molar-refractivity contribution in [2.45, 2.75) is 19.5 Å². The van der Waals surface area contributed by atoms with E-state index < -0.39 is 0 Å². The molecular weight excluding hydrogens is 208 g/mol. The van der Waals surface area contributed by atoms with Crippen molar-refractivity contribution in [3.05, 3.63) is 11.4 Å². The third kappa shape index (κ3) is 1.76. The Morgan fingerprint density at radius 3 is 3.12 bits per heavy atom. The van der Waals surface area contributed by atoms with Gasteiger partial charge in [0.05, 0.1) is 12.8 Å². The standard InChI is InChI=1S/C10H16N4O2/c1-11-10(15)8-9(16-2)7-6-12-4-3-5-14(7)13-8/h12H,3-6H2,1-2H3,(H,11,15). The molecule has 1 aliphatic rings. The number of amides is 1. The molecule has 2 heterocycles. The molecule has 0 aromatic carbocycles. The van der Waals surface area contributed by atoms with Crippen molar-refractivity contribution in [2.75, 3.05) is 20.7 Å². The number of carbonyl (C=O) groups is 1. The molecule has 1 aromatic heterocycles. The zero-order valence-corrected chi connectivity index (χ0v) is 9.54. The maximum Gasteiger partial charge on any atom is 0.275 e. The second-order valence-electron chi connectivity index (χ2n) is 3.66. The topological polar surface area (TPSA) is 68.2 Å². The van der Waals surface area contributed by atoms with Gasteiger partial charge in [-0.25, -0.2) is 0 Å². The van der Waals surface area contributed by atoms with Gasteiger partial charge in [-0.3, -0.25) is 9.48 Å². The van der Waals surface area contributed by atoms with Crippen LogP contribution in [-0.2, 0) is 13.1 Å². The first-order valence-corrected chi connectivity index (χ1v) is 5.34. The van der Waals surface area contributed by atoms with Gasteiger partial charge >= 0.3 is 0 Å². The maximum atomic E-state index is 11.6. The lowest BCUT2D eigenvalue weighted by atomic mass is 10.3. The lowest BCUT2D eigenvalue weighted by Gasteiger charge is -2.04. The van der Waals surface area contributed by atoms with Gasteiger partial charge in [0.15, 0.2) is 11.4 Å². The summed E-state index contributed by atoms with van der Waals surface area (Å²) in [7, 11) is 3.15. The largest absolute Gasteiger partial charge is 0.492 e. The number of methoxy groups -OCH3 is 1. The predicted octanol–water partition coefficient (Wildman–Crippen LogP) is -0.255. The van der Waals surface area contributed by atoms with Gasteiger partial charge in [-0.15, -0.1) is 0 Å². The second kappa shape index (κ2) is 4.52. The van der Waals surface area contributed by atoms with Gasteiger partial charge < -0.3 is 15.4 Å². The summed E-state index contributed by atoms with van der Waals surface area (Å²) in [6, 6.07) is 0. The molecule has 0 radical (unpaired) electrons. The minimum atomic E-state index is -0.211. The number of hydrogen-bond acceptors (Lipinski definition) is 4. The molecule has 0 saturated heterocycles. The molecule has 1 aliphatic heterocycles. The number of ether oxygens (including phenoxy) is 1. The van der Waals surface area contributed by atoms with Crippen LogP contribution in [0.5, 0.6) is 5.75 Å². The average molecular weight is 224 g/mol. The number of nitrogens with one attached hydrogen (secondary N) is 2. The zero-order valence-electron chi connectivity index (χ0n) is 9.54. The summed E-state index contributed by atoms with van der Waals surface area (Å²) in [5.74, 6) is 0.367. The highest BCUT2D eigenvalue weighted by Gasteiger charge is 2.23. The SMILES string of the molecule is CNC(=O)c1nn2c(c1OC)CNCCC2. The first kappa shape index (κ1) is 10.9. The molecule has 6 nitrogen and oxygen atoms in total. The molecule has 0 atom stereocenters. The first-order valence-electron chi connectivity index (χ1n) is 5.34. The Hall–Kier alpha value is -1.56. The fraction of sp³-hybridized carbons (Fsp3) is 0.600. The quantitative estimate of drug-likeness (QED) is 0.726. The van der Waals surface area contributed by atoms with Gasteiger partial charge in [0.1, 0.15) is 0 Å². The summed E-state index contributed by atoms with van der Waals surface area (Å²) in [5.41, 5.74) is 1.31. The Kier molecular flexibility index (Phi) is 3.09. The fourth-order valence-electron chi connectivity index (χ4n) is 1.88. The van der Waals surface area contributed by atoms with E-state index in [0.717, 1.165) is 25.2 Å². The van der Waals surface area contributed by atoms with Crippen LogP contribution in [0.15, 0.2) is 0 Å². The Morgan fingerprint density at radius 1 is 1.62 bits per heavy atom. The molecule has 6 heteroatoms. The predicted molar refractivity (Wildman–Crippen MR) is 58.5 cm³/mol. The van der Waals surface area contributed by atoms with Gasteiger partial charge in [-0.2, -0.15) is 5.10 Å². The highest BCUT2D eigenvalue weighted by Crippen LogP contribution is 2.24. The van der Waals surface area contributed by atoms with Crippen molar-refractivity contribution >= 4 is 5.91 Å². The van der Waals surface area contributed by atoms with Crippen LogP contribution in [0.4, 0.5) is 0 Å². The number of aromatic nitrogens is 2. The summed E-state index contributed by atoms with van der Waals surface area (Å²) in [6.07, 6.45) is 1.00. The minimum absolute atomic E-state index is 0.211. The van der Waals surface area contributed by atoms with Crippen molar-refractivity contribution in [1.82, 2.24) is 20.4 Å². The van der Waals surface area contributed by atoms with E-state index in [2.05, 4.69) is 15.7 Å². The molecule has 16 heavy (non-hydrogen) atoms. The summed E-state index contributed by atoms with van der Waals surface area (Å²) >= 11 is 0. The number of nitrogens with zero attached hydrogens (tertiary/aromatic N) is 2. The molecule has 1 aromatic rings. The average Bonchev–Trinajstić information content (AvgIpc) is 2.49. The molecule has 2 rings (SSSR count). The first-order chi connectivity index (χ1) is 7.77. The second-order valence-corrected chi connectivity index (χ2v) is 3.66. The Morgan fingerprint density at radius 2 is 2.44 bits per heavy atom. The highest BCUT2D eigenvalue weighted by molar-refractivity contribution is 5.95. The van der Waals surface area contributed by atoms with Crippen LogP contribution in [0.2, 0.25) is 0 Å². The molecule has 0 unspecified atom stereocenters. The van der Waals surface area contributed by atoms with Gasteiger partial charge in [0.25, 0.3) is 5.91 Å². The van der Waals surface area contributed by atoms with E-state index in [4.69, 9.17) is 4.74 Å². The van der Waals surface area contributed by atoms with Crippen LogP contribution >= 0.6 is 0 Å². The van der Waals surface area contributed by atoms with Crippen molar-refractivity contribution in [3.63, 3.8) is 0 Å². The zero-order chi connectivity index (χ0) is 11.5. The van der Waals surface area contributed by atoms with Gasteiger partial charge in [-0.05, 0) is 13.0 Å². The summed E-state index contributed by atoms with van der Waals surface area (Å²) in [5, 5.41) is 10.1. The number of carbonyl (C=O) groups excluding carboxylic acids is 1. The van der Waals surface area contributed by atoms with Gasteiger partial charge in [0, 0.05) is 20.1 Å². The fourth-order valence-corrected chi connectivity index (χ4v) is 1.88. The minimum Gasteiger partial charge on any atom is -0.492 e. The third-order valence-corrected chi connectivity index (χ3v) is 2.67. The van der Waals surface area contributed by atoms with E-state index in [-0.39, 0.29) is 5.91 Å². The van der Waals surface area contributed by atoms with Crippen LogP contribution < -0.4 is 15.4 Å². The van der Waals surface area contributed by atoms with Crippen molar-refractivity contribution in [1.29, 1.82) is 0 Å². The number of fused-ring (bicyclic) bond motifs is 1. The van der Waals surface area contributed by atoms with Crippen LogP contribution in [0.25, 0.3) is 0 Å². The molecule has 0 saturated carbocycles. The van der Waals surface area contributed by atoms with E-state index in [1.54, 1.807) is 14.2 Å². The van der Waals surface area contributed by atoms with Crippen LogP contribution in [0, 0.1) is 0 Å². The van der Waals surface area contributed by atoms with E-state index in [9.17, 15) is 4.79 Å². The van der Waals surface area contributed by atoms with E-state index in [1.807, 2.05) is 4.68 Å². The number of rotatable bonds is 2. The normalized spacial score (nSPS) is 15.1. The van der Waals surface area contributed by atoms with Crippen molar-refractivity contribution < 1.29 is 9.53 Å². The monoisotopic (exact) mass is 224 g/mol. The maximum absolute atomic E-state index is 11.6. The molecule has 88 valence electrons. The highest BCUT2D eigenvalue weighted by atomic mass is 16.5. The molecule has 1 amide bonds. The number of aryl methyl sites for hydroxylation is 1. The van der Waals surface area contributed by atoms with Crippen molar-refractivity contribution in [3.8, 4) is 5.75 Å². The molecule has 0 fully saturated rings. The molecule has 2 N–H and O–H groups in total. The Bertz CT molecular complexity index is 400. The molecular formula is C10H16N4O2. The van der Waals surface area contributed by atoms with Crippen LogP contribution in [-0.4, -0.2) is 36.4 Å². The lowest BCUT2D eigenvalue weighted by molar-refractivity contribution is 0.0954. The van der Waals surface area contributed by atoms with Crippen LogP contribution in [0.3, 0.4) is 0 Å².